The largest absolute Gasteiger partial charge is 0.481 e. The normalized spacial score (nSPS) is 20.2. The van der Waals surface area contributed by atoms with E-state index in [1.807, 2.05) is 6.08 Å². The van der Waals surface area contributed by atoms with Gasteiger partial charge in [-0.15, -0.1) is 0 Å². The predicted octanol–water partition coefficient (Wildman–Crippen LogP) is 14.4. The van der Waals surface area contributed by atoms with E-state index in [1.165, 1.54) is 49.7 Å². The van der Waals surface area contributed by atoms with Crippen LogP contribution in [0.25, 0.3) is 22.9 Å². The van der Waals surface area contributed by atoms with Gasteiger partial charge >= 0.3 is 11.9 Å². The Morgan fingerprint density at radius 1 is 0.788 bits per heavy atom. The van der Waals surface area contributed by atoms with Crippen molar-refractivity contribution in [2.24, 2.45) is 0 Å². The maximum Gasteiger partial charge on any atom is 0.309 e. The van der Waals surface area contributed by atoms with E-state index < -0.39 is 17.4 Å². The highest BCUT2D eigenvalue weighted by molar-refractivity contribution is 6.32. The van der Waals surface area contributed by atoms with Gasteiger partial charge in [-0.1, -0.05) is 134 Å². The van der Waals surface area contributed by atoms with E-state index in [0.29, 0.717) is 6.54 Å². The Balaban J connectivity index is 0.00000123. The molecule has 3 N–H and O–H groups in total. The zero-order valence-electron chi connectivity index (χ0n) is 39.2. The molecule has 0 saturated heterocycles. The van der Waals surface area contributed by atoms with Crippen molar-refractivity contribution >= 4 is 63.6 Å². The molecule has 2 unspecified atom stereocenters. The second-order valence-electron chi connectivity index (χ2n) is 18.1. The molecule has 0 amide bonds. The highest BCUT2D eigenvalue weighted by Crippen LogP contribution is 2.50. The summed E-state index contributed by atoms with van der Waals surface area (Å²) in [6, 6.07) is 34.5. The third kappa shape index (κ3) is 9.57. The van der Waals surface area contributed by atoms with Gasteiger partial charge in [0.15, 0.2) is 12.3 Å². The van der Waals surface area contributed by atoms with Crippen LogP contribution in [0.2, 0.25) is 0 Å². The third-order valence-electron chi connectivity index (χ3n) is 13.7. The zero-order valence-corrected chi connectivity index (χ0v) is 39.9. The fourth-order valence-corrected chi connectivity index (χ4v) is 10.5. The molecule has 0 bridgehead atoms. The van der Waals surface area contributed by atoms with Gasteiger partial charge in [0.1, 0.15) is 6.42 Å². The number of carboxylic acid groups (broad SMARTS) is 2. The Morgan fingerprint density at radius 3 is 2.08 bits per heavy atom. The monoisotopic (exact) mass is 897 g/mol. The number of anilines is 1. The number of carboxylic acids is 2. The first-order chi connectivity index (χ1) is 31.7. The molecule has 0 saturated carbocycles. The van der Waals surface area contributed by atoms with E-state index in [1.54, 1.807) is 6.92 Å². The number of rotatable bonds is 13. The molecule has 2 aliphatic heterocycles. The summed E-state index contributed by atoms with van der Waals surface area (Å²) in [7, 11) is 0. The Bertz CT molecular complexity index is 2910. The maximum absolute atomic E-state index is 12.1. The van der Waals surface area contributed by atoms with Gasteiger partial charge < -0.3 is 15.5 Å². The number of hydrogen-bond acceptors (Lipinski definition) is 3. The van der Waals surface area contributed by atoms with Crippen LogP contribution in [0.1, 0.15) is 104 Å². The van der Waals surface area contributed by atoms with E-state index >= 15 is 0 Å². The maximum atomic E-state index is 12.1. The minimum atomic E-state index is -0.811. The molecule has 0 radical (unpaired) electrons. The highest BCUT2D eigenvalue weighted by Gasteiger charge is 2.49. The van der Waals surface area contributed by atoms with Crippen molar-refractivity contribution in [1.82, 2.24) is 0 Å². The van der Waals surface area contributed by atoms with Gasteiger partial charge in [0.05, 0.1) is 5.41 Å². The molecule has 1 aliphatic carbocycles. The standard InChI is InChI=1S/C56H55ClN2O2.C3H6O2/c1-7-16-45-39(8-2)25-29-47-52(45)55(5,35-43-20-11-9-17-37(43)3)49(58-47)31-27-41-22-15-23-42(54(41)57)28-32-50-56(6,36-44-21-12-10-18-38(44)4)53-46-24-14-13-19-40(46)26-30-48(53)59(50)34-33-51(60)61;1-2-3(4)5/h7-14,16-21,24-32H,2,15,22-23,33-36H2,1,3-6H3,(H,60,61);2H2,1H3,(H,4,5)/p+1/b16-7-;. The van der Waals surface area contributed by atoms with Crippen LogP contribution in [0.5, 0.6) is 0 Å². The molecule has 0 aromatic heterocycles. The average Bonchev–Trinajstić information content (AvgIpc) is 3.72. The van der Waals surface area contributed by atoms with Crippen molar-refractivity contribution in [2.45, 2.75) is 97.3 Å². The summed E-state index contributed by atoms with van der Waals surface area (Å²) in [5.74, 6) is -1.56. The number of allylic oxidation sites excluding steroid dienone is 9. The van der Waals surface area contributed by atoms with Crippen molar-refractivity contribution in [2.75, 3.05) is 11.9 Å². The van der Waals surface area contributed by atoms with Gasteiger partial charge in [-0.3, -0.25) is 9.59 Å². The number of carbonyl (C=O) groups is 2. The quantitative estimate of drug-likeness (QED) is 0.102. The summed E-state index contributed by atoms with van der Waals surface area (Å²) < 4.78 is 2.25. The van der Waals surface area contributed by atoms with Crippen molar-refractivity contribution < 1.29 is 24.4 Å². The first-order valence-electron chi connectivity index (χ1n) is 23.1. The lowest BCUT2D eigenvalue weighted by molar-refractivity contribution is -0.436. The van der Waals surface area contributed by atoms with E-state index in [-0.39, 0.29) is 18.3 Å². The number of halogens is 1. The van der Waals surface area contributed by atoms with Gasteiger partial charge in [0.2, 0.25) is 5.69 Å². The Labute approximate surface area is 395 Å². The molecule has 338 valence electrons. The van der Waals surface area contributed by atoms with Gasteiger partial charge in [-0.05, 0) is 146 Å². The highest BCUT2D eigenvalue weighted by atomic mass is 35.5. The number of aryl methyl sites for hydroxylation is 2. The van der Waals surface area contributed by atoms with E-state index in [2.05, 4.69) is 185 Å². The number of nitrogens with zero attached hydrogens (tertiary/aromatic N) is 1. The summed E-state index contributed by atoms with van der Waals surface area (Å²) in [5, 5.41) is 24.7. The van der Waals surface area contributed by atoms with Crippen molar-refractivity contribution in [3.05, 3.63) is 200 Å². The molecule has 7 heteroatoms. The molecule has 2 atom stereocenters. The molecule has 5 aromatic carbocycles. The van der Waals surface area contributed by atoms with E-state index in [4.69, 9.17) is 16.7 Å². The number of nitrogens with one attached hydrogen (secondary N) is 1. The van der Waals surface area contributed by atoms with Crippen LogP contribution in [0.15, 0.2) is 156 Å². The Morgan fingerprint density at radius 2 is 1.44 bits per heavy atom. The second-order valence-corrected chi connectivity index (χ2v) is 18.5. The molecular weight excluding hydrogens is 836 g/mol. The van der Waals surface area contributed by atoms with Gasteiger partial charge in [-0.2, -0.15) is 4.58 Å². The van der Waals surface area contributed by atoms with Crippen LogP contribution in [-0.4, -0.2) is 39.0 Å². The fourth-order valence-electron chi connectivity index (χ4n) is 10.2. The lowest BCUT2D eigenvalue weighted by Gasteiger charge is -2.29. The molecule has 0 fully saturated rings. The number of hydrogen-bond donors (Lipinski definition) is 3. The van der Waals surface area contributed by atoms with E-state index in [0.717, 1.165) is 76.6 Å². The molecule has 3 aliphatic rings. The van der Waals surface area contributed by atoms with E-state index in [9.17, 15) is 14.7 Å². The van der Waals surface area contributed by atoms with Crippen LogP contribution in [0, 0.1) is 13.8 Å². The zero-order chi connectivity index (χ0) is 47.2. The smallest absolute Gasteiger partial charge is 0.309 e. The van der Waals surface area contributed by atoms with Crippen LogP contribution in [-0.2, 0) is 33.3 Å². The predicted molar refractivity (Wildman–Crippen MR) is 275 cm³/mol. The molecule has 66 heavy (non-hydrogen) atoms. The summed E-state index contributed by atoms with van der Waals surface area (Å²) >= 11 is 7.45. The van der Waals surface area contributed by atoms with Gasteiger partial charge in [-0.25, -0.2) is 0 Å². The van der Waals surface area contributed by atoms with Crippen molar-refractivity contribution in [3.8, 4) is 0 Å². The Kier molecular flexibility index (Phi) is 14.6. The minimum Gasteiger partial charge on any atom is -0.481 e. The lowest BCUT2D eigenvalue weighted by atomic mass is 9.72. The van der Waals surface area contributed by atoms with Crippen LogP contribution < -0.4 is 5.32 Å². The summed E-state index contributed by atoms with van der Waals surface area (Å²) in [5.41, 5.74) is 15.8. The SMILES string of the molecule is C=Cc1ccc2c(c1/C=C\C)C(C)(Cc1ccccc1C)/C(=C/C=C1\CCCC(/C=C/C3=[N+](CCC(=O)O)c4ccc5ccccc5c4C3(C)Cc3ccccc3C)=C1Cl)N2.CCC(=O)O. The molecule has 6 nitrogen and oxygen atoms in total. The summed E-state index contributed by atoms with van der Waals surface area (Å²) in [6.07, 6.45) is 19.8. The molecule has 8 rings (SSSR count). The second kappa shape index (κ2) is 20.3. The number of aliphatic carboxylic acids is 2. The molecule has 5 aromatic rings. The fraction of sp³-hybridized carbons (Fsp3) is 0.271. The minimum absolute atomic E-state index is 0.0286. The lowest BCUT2D eigenvalue weighted by Crippen LogP contribution is -2.34. The Hall–Kier alpha value is -6.50. The number of benzene rings is 5. The molecule has 2 heterocycles. The van der Waals surface area contributed by atoms with Crippen molar-refractivity contribution in [3.63, 3.8) is 0 Å². The molecular formula is C59H62ClN2O4+. The van der Waals surface area contributed by atoms with Crippen LogP contribution in [0.4, 0.5) is 11.4 Å². The summed E-state index contributed by atoms with van der Waals surface area (Å²) in [6.45, 7) is 17.3. The van der Waals surface area contributed by atoms with Crippen LogP contribution >= 0.6 is 11.6 Å². The number of fused-ring (bicyclic) bond motifs is 4. The third-order valence-corrected chi connectivity index (χ3v) is 14.2. The average molecular weight is 899 g/mol. The van der Waals surface area contributed by atoms with Gasteiger partial charge in [0, 0.05) is 46.0 Å². The first kappa shape index (κ1) is 47.5. The first-order valence-corrected chi connectivity index (χ1v) is 23.5. The van der Waals surface area contributed by atoms with Crippen LogP contribution in [0.3, 0.4) is 0 Å². The summed E-state index contributed by atoms with van der Waals surface area (Å²) in [4.78, 5) is 21.5. The molecule has 0 spiro atoms. The van der Waals surface area contributed by atoms with Gasteiger partial charge in [0.25, 0.3) is 0 Å². The van der Waals surface area contributed by atoms with Crippen molar-refractivity contribution in [1.29, 1.82) is 0 Å². The topological polar surface area (TPSA) is 89.6 Å².